The highest BCUT2D eigenvalue weighted by atomic mass is 19.1. The molecule has 64 valence electrons. The van der Waals surface area contributed by atoms with Gasteiger partial charge in [-0.05, 0) is 18.6 Å². The molecular weight excluding hydrogens is 153 g/mol. The van der Waals surface area contributed by atoms with Gasteiger partial charge in [-0.3, -0.25) is 0 Å². The molecule has 1 heterocycles. The van der Waals surface area contributed by atoms with E-state index in [0.29, 0.717) is 5.92 Å². The van der Waals surface area contributed by atoms with Crippen LogP contribution >= 0.6 is 0 Å². The Labute approximate surface area is 71.6 Å². The van der Waals surface area contributed by atoms with E-state index < -0.39 is 0 Å². The van der Waals surface area contributed by atoms with E-state index in [1.807, 2.05) is 6.07 Å². The van der Waals surface area contributed by atoms with E-state index >= 15 is 0 Å². The van der Waals surface area contributed by atoms with Crippen molar-refractivity contribution in [3.05, 3.63) is 29.6 Å². The summed E-state index contributed by atoms with van der Waals surface area (Å²) in [5.41, 5.74) is 1.85. The molecule has 0 amide bonds. The van der Waals surface area contributed by atoms with Crippen LogP contribution in [0, 0.1) is 5.82 Å². The highest BCUT2D eigenvalue weighted by molar-refractivity contribution is 5.58. The maximum atomic E-state index is 13.3. The second-order valence-electron chi connectivity index (χ2n) is 3.19. The van der Waals surface area contributed by atoms with E-state index in [2.05, 4.69) is 12.2 Å². The largest absolute Gasteiger partial charge is 0.384 e. The lowest BCUT2D eigenvalue weighted by Crippen LogP contribution is -2.00. The van der Waals surface area contributed by atoms with E-state index in [9.17, 15) is 4.39 Å². The number of nitrogens with one attached hydrogen (secondary N) is 1. The van der Waals surface area contributed by atoms with Gasteiger partial charge in [-0.1, -0.05) is 13.0 Å². The van der Waals surface area contributed by atoms with Gasteiger partial charge in [0, 0.05) is 23.7 Å². The molecule has 0 aliphatic carbocycles. The van der Waals surface area contributed by atoms with Gasteiger partial charge in [0.25, 0.3) is 0 Å². The van der Waals surface area contributed by atoms with E-state index in [4.69, 9.17) is 0 Å². The fourth-order valence-corrected chi connectivity index (χ4v) is 1.79. The van der Waals surface area contributed by atoms with Crippen molar-refractivity contribution in [1.29, 1.82) is 0 Å². The quantitative estimate of drug-likeness (QED) is 0.674. The van der Waals surface area contributed by atoms with Gasteiger partial charge in [-0.2, -0.15) is 0 Å². The number of halogens is 1. The third-order valence-corrected chi connectivity index (χ3v) is 2.49. The predicted octanol–water partition coefficient (Wildman–Crippen LogP) is 2.74. The summed E-state index contributed by atoms with van der Waals surface area (Å²) in [6.07, 6.45) is 1.00. The van der Waals surface area contributed by atoms with Crippen molar-refractivity contribution in [2.75, 3.05) is 11.9 Å². The molecule has 2 rings (SSSR count). The molecule has 1 aliphatic heterocycles. The molecule has 1 unspecified atom stereocenters. The highest BCUT2D eigenvalue weighted by Crippen LogP contribution is 2.34. The second kappa shape index (κ2) is 2.77. The SMILES string of the molecule is CCC1CNc2cccc(F)c21. The molecule has 1 nitrogen and oxygen atoms in total. The van der Waals surface area contributed by atoms with Crippen molar-refractivity contribution in [2.45, 2.75) is 19.3 Å². The number of fused-ring (bicyclic) bond motifs is 1. The molecule has 1 aromatic carbocycles. The molecule has 0 radical (unpaired) electrons. The summed E-state index contributed by atoms with van der Waals surface area (Å²) in [6, 6.07) is 5.22. The average Bonchev–Trinajstić information content (AvgIpc) is 2.49. The van der Waals surface area contributed by atoms with Gasteiger partial charge >= 0.3 is 0 Å². The monoisotopic (exact) mass is 165 g/mol. The molecule has 1 aromatic rings. The zero-order valence-corrected chi connectivity index (χ0v) is 7.10. The Balaban J connectivity index is 2.48. The van der Waals surface area contributed by atoms with Crippen molar-refractivity contribution >= 4 is 5.69 Å². The third kappa shape index (κ3) is 0.986. The smallest absolute Gasteiger partial charge is 0.128 e. The standard InChI is InChI=1S/C10H12FN/c1-2-7-6-12-9-5-3-4-8(11)10(7)9/h3-5,7,12H,2,6H2,1H3. The van der Waals surface area contributed by atoms with Crippen LogP contribution in [-0.2, 0) is 0 Å². The Bertz CT molecular complexity index is 296. The summed E-state index contributed by atoms with van der Waals surface area (Å²) in [6.45, 7) is 2.97. The lowest BCUT2D eigenvalue weighted by molar-refractivity contribution is 0.589. The van der Waals surface area contributed by atoms with Crippen molar-refractivity contribution in [3.8, 4) is 0 Å². The van der Waals surface area contributed by atoms with Crippen LogP contribution in [0.15, 0.2) is 18.2 Å². The molecule has 0 fully saturated rings. The first-order chi connectivity index (χ1) is 5.83. The van der Waals surface area contributed by atoms with E-state index in [1.54, 1.807) is 6.07 Å². The number of hydrogen-bond acceptors (Lipinski definition) is 1. The van der Waals surface area contributed by atoms with Crippen LogP contribution in [0.25, 0.3) is 0 Å². The van der Waals surface area contributed by atoms with Crippen molar-refractivity contribution in [2.24, 2.45) is 0 Å². The summed E-state index contributed by atoms with van der Waals surface area (Å²) >= 11 is 0. The third-order valence-electron chi connectivity index (χ3n) is 2.49. The Morgan fingerprint density at radius 2 is 2.42 bits per heavy atom. The number of rotatable bonds is 1. The molecule has 0 aromatic heterocycles. The van der Waals surface area contributed by atoms with Crippen LogP contribution in [0.2, 0.25) is 0 Å². The Kier molecular flexibility index (Phi) is 1.75. The molecule has 2 heteroatoms. The van der Waals surface area contributed by atoms with Gasteiger partial charge in [0.2, 0.25) is 0 Å². The lowest BCUT2D eigenvalue weighted by Gasteiger charge is -2.06. The lowest BCUT2D eigenvalue weighted by atomic mass is 9.98. The van der Waals surface area contributed by atoms with Gasteiger partial charge in [-0.25, -0.2) is 4.39 Å². The summed E-state index contributed by atoms with van der Waals surface area (Å²) in [5, 5.41) is 3.20. The molecule has 1 N–H and O–H groups in total. The van der Waals surface area contributed by atoms with Crippen LogP contribution in [0.3, 0.4) is 0 Å². The normalized spacial score (nSPS) is 20.3. The maximum Gasteiger partial charge on any atom is 0.128 e. The molecular formula is C10H12FN. The molecule has 0 spiro atoms. The minimum Gasteiger partial charge on any atom is -0.384 e. The first kappa shape index (κ1) is 7.59. The van der Waals surface area contributed by atoms with E-state index in [1.165, 1.54) is 6.07 Å². The Morgan fingerprint density at radius 1 is 1.58 bits per heavy atom. The van der Waals surface area contributed by atoms with Crippen molar-refractivity contribution in [3.63, 3.8) is 0 Å². The van der Waals surface area contributed by atoms with Crippen molar-refractivity contribution < 1.29 is 4.39 Å². The van der Waals surface area contributed by atoms with Gasteiger partial charge in [-0.15, -0.1) is 0 Å². The number of hydrogen-bond donors (Lipinski definition) is 1. The highest BCUT2D eigenvalue weighted by Gasteiger charge is 2.23. The fraction of sp³-hybridized carbons (Fsp3) is 0.400. The van der Waals surface area contributed by atoms with Crippen LogP contribution in [0.4, 0.5) is 10.1 Å². The molecule has 0 saturated heterocycles. The second-order valence-corrected chi connectivity index (χ2v) is 3.19. The zero-order valence-electron chi connectivity index (χ0n) is 7.10. The maximum absolute atomic E-state index is 13.3. The predicted molar refractivity (Wildman–Crippen MR) is 47.9 cm³/mol. The first-order valence-corrected chi connectivity index (χ1v) is 4.35. The Morgan fingerprint density at radius 3 is 3.17 bits per heavy atom. The van der Waals surface area contributed by atoms with E-state index in [-0.39, 0.29) is 5.82 Å². The summed E-state index contributed by atoms with van der Waals surface area (Å²) in [7, 11) is 0. The molecule has 1 aliphatic rings. The van der Waals surface area contributed by atoms with Gasteiger partial charge < -0.3 is 5.32 Å². The minimum absolute atomic E-state index is 0.0654. The summed E-state index contributed by atoms with van der Waals surface area (Å²) in [5.74, 6) is 0.297. The molecule has 0 saturated carbocycles. The number of anilines is 1. The fourth-order valence-electron chi connectivity index (χ4n) is 1.79. The van der Waals surface area contributed by atoms with Crippen molar-refractivity contribution in [1.82, 2.24) is 0 Å². The van der Waals surface area contributed by atoms with Crippen LogP contribution in [-0.4, -0.2) is 6.54 Å². The van der Waals surface area contributed by atoms with Crippen LogP contribution in [0.1, 0.15) is 24.8 Å². The van der Waals surface area contributed by atoms with Gasteiger partial charge in [0.1, 0.15) is 5.82 Å². The summed E-state index contributed by atoms with van der Waals surface area (Å²) < 4.78 is 13.3. The topological polar surface area (TPSA) is 12.0 Å². The number of benzene rings is 1. The Hall–Kier alpha value is -1.05. The molecule has 0 bridgehead atoms. The molecule has 1 atom stereocenters. The summed E-state index contributed by atoms with van der Waals surface area (Å²) in [4.78, 5) is 0. The van der Waals surface area contributed by atoms with Gasteiger partial charge in [0.15, 0.2) is 0 Å². The minimum atomic E-state index is -0.0654. The van der Waals surface area contributed by atoms with E-state index in [0.717, 1.165) is 24.2 Å². The zero-order chi connectivity index (χ0) is 8.55. The first-order valence-electron chi connectivity index (χ1n) is 4.35. The average molecular weight is 165 g/mol. The van der Waals surface area contributed by atoms with Crippen LogP contribution in [0.5, 0.6) is 0 Å². The molecule has 12 heavy (non-hydrogen) atoms. The van der Waals surface area contributed by atoms with Crippen LogP contribution < -0.4 is 5.32 Å². The van der Waals surface area contributed by atoms with Gasteiger partial charge in [0.05, 0.1) is 0 Å².